The highest BCUT2D eigenvalue weighted by Crippen LogP contribution is 2.21. The van der Waals surface area contributed by atoms with Gasteiger partial charge in [-0.05, 0) is 18.4 Å². The van der Waals surface area contributed by atoms with E-state index in [4.69, 9.17) is 5.73 Å². The lowest BCUT2D eigenvalue weighted by atomic mass is 10.2. The van der Waals surface area contributed by atoms with Crippen LogP contribution in [0.4, 0.5) is 5.82 Å². The van der Waals surface area contributed by atoms with Crippen LogP contribution >= 0.6 is 23.1 Å². The van der Waals surface area contributed by atoms with Crippen LogP contribution in [0.2, 0.25) is 0 Å². The van der Waals surface area contributed by atoms with Crippen molar-refractivity contribution in [3.8, 4) is 0 Å². The molecule has 0 radical (unpaired) electrons. The Morgan fingerprint density at radius 2 is 1.93 bits per heavy atom. The number of hydrogen-bond donors (Lipinski definition) is 1. The van der Waals surface area contributed by atoms with Gasteiger partial charge in [-0.2, -0.15) is 0 Å². The van der Waals surface area contributed by atoms with Gasteiger partial charge in [-0.15, -0.1) is 11.3 Å². The highest BCUT2D eigenvalue weighted by atomic mass is 32.2. The van der Waals surface area contributed by atoms with Gasteiger partial charge in [-0.3, -0.25) is 28.1 Å². The second-order valence-corrected chi connectivity index (χ2v) is 7.62. The van der Waals surface area contributed by atoms with Crippen LogP contribution in [-0.2, 0) is 20.6 Å². The molecule has 3 rings (SSSR count). The number of thioether (sulfide) groups is 1. The molecule has 3 aromatic rings. The summed E-state index contributed by atoms with van der Waals surface area (Å²) in [6, 6.07) is 1.74. The van der Waals surface area contributed by atoms with Crippen LogP contribution in [0.25, 0.3) is 10.2 Å². The summed E-state index contributed by atoms with van der Waals surface area (Å²) in [5, 5.41) is 2.18. The number of ketones is 1. The van der Waals surface area contributed by atoms with Crippen LogP contribution in [0.3, 0.4) is 0 Å². The second kappa shape index (κ2) is 7.16. The van der Waals surface area contributed by atoms with E-state index in [0.717, 1.165) is 20.9 Å². The van der Waals surface area contributed by atoms with Crippen molar-refractivity contribution in [2.24, 2.45) is 14.1 Å². The van der Waals surface area contributed by atoms with Crippen LogP contribution in [0, 0.1) is 0 Å². The molecule has 0 fully saturated rings. The van der Waals surface area contributed by atoms with E-state index in [1.165, 1.54) is 30.0 Å². The van der Waals surface area contributed by atoms with Gasteiger partial charge in [0.1, 0.15) is 16.1 Å². The van der Waals surface area contributed by atoms with Crippen molar-refractivity contribution in [2.45, 2.75) is 18.6 Å². The fourth-order valence-corrected chi connectivity index (χ4v) is 4.35. The minimum absolute atomic E-state index is 0.139. The van der Waals surface area contributed by atoms with Crippen molar-refractivity contribution in [1.29, 1.82) is 0 Å². The average molecular weight is 407 g/mol. The predicted molar refractivity (Wildman–Crippen MR) is 106 cm³/mol. The first-order valence-corrected chi connectivity index (χ1v) is 9.84. The third-order valence-electron chi connectivity index (χ3n) is 4.17. The molecule has 27 heavy (non-hydrogen) atoms. The van der Waals surface area contributed by atoms with Gasteiger partial charge >= 0.3 is 5.69 Å². The summed E-state index contributed by atoms with van der Waals surface area (Å²) in [5.41, 5.74) is 4.64. The van der Waals surface area contributed by atoms with Gasteiger partial charge in [0.05, 0.1) is 11.3 Å². The Balaban J connectivity index is 1.98. The van der Waals surface area contributed by atoms with Crippen molar-refractivity contribution in [2.75, 3.05) is 11.5 Å². The number of thiophene rings is 1. The molecule has 0 spiro atoms. The molecule has 11 heteroatoms. The van der Waals surface area contributed by atoms with Crippen LogP contribution in [0.5, 0.6) is 0 Å². The lowest BCUT2D eigenvalue weighted by Crippen LogP contribution is -2.41. The lowest BCUT2D eigenvalue weighted by molar-refractivity contribution is 0.102. The molecule has 0 aliphatic rings. The molecule has 0 aliphatic carbocycles. The van der Waals surface area contributed by atoms with E-state index < -0.39 is 17.0 Å². The fourth-order valence-electron chi connectivity index (χ4n) is 2.64. The van der Waals surface area contributed by atoms with Gasteiger partial charge in [0, 0.05) is 20.6 Å². The van der Waals surface area contributed by atoms with Gasteiger partial charge in [0.2, 0.25) is 0 Å². The van der Waals surface area contributed by atoms with E-state index in [1.807, 2.05) is 6.92 Å². The second-order valence-electron chi connectivity index (χ2n) is 5.76. The Morgan fingerprint density at radius 1 is 1.22 bits per heavy atom. The van der Waals surface area contributed by atoms with E-state index in [9.17, 15) is 19.2 Å². The van der Waals surface area contributed by atoms with E-state index >= 15 is 0 Å². The summed E-state index contributed by atoms with van der Waals surface area (Å²) in [5.74, 6) is -0.849. The van der Waals surface area contributed by atoms with Gasteiger partial charge in [0.25, 0.3) is 11.1 Å². The van der Waals surface area contributed by atoms with Gasteiger partial charge in [-0.25, -0.2) is 9.78 Å². The summed E-state index contributed by atoms with van der Waals surface area (Å²) in [6.45, 7) is 2.22. The Hall–Kier alpha value is -2.66. The third kappa shape index (κ3) is 3.12. The lowest BCUT2D eigenvalue weighted by Gasteiger charge is -2.12. The Bertz CT molecular complexity index is 1230. The van der Waals surface area contributed by atoms with Gasteiger partial charge < -0.3 is 5.73 Å². The maximum absolute atomic E-state index is 12.6. The summed E-state index contributed by atoms with van der Waals surface area (Å²) in [6.07, 6.45) is 0. The molecule has 0 aliphatic heterocycles. The maximum Gasteiger partial charge on any atom is 0.332 e. The quantitative estimate of drug-likeness (QED) is 0.370. The fraction of sp³-hybridized carbons (Fsp3) is 0.312. The van der Waals surface area contributed by atoms with E-state index in [2.05, 4.69) is 4.98 Å². The SMILES string of the molecule is CCn1c(SCC(=O)c2c(N)n(C)c(=O)n(C)c2=O)nc2ccsc2c1=O. The molecular weight excluding hydrogens is 390 g/mol. The van der Waals surface area contributed by atoms with Crippen molar-refractivity contribution >= 4 is 44.9 Å². The first kappa shape index (κ1) is 19.1. The molecule has 0 saturated carbocycles. The summed E-state index contributed by atoms with van der Waals surface area (Å²) < 4.78 is 3.94. The molecule has 0 saturated heterocycles. The Morgan fingerprint density at radius 3 is 2.59 bits per heavy atom. The van der Waals surface area contributed by atoms with Crippen molar-refractivity contribution in [1.82, 2.24) is 18.7 Å². The molecule has 0 aromatic carbocycles. The molecule has 2 N–H and O–H groups in total. The number of nitrogens with zero attached hydrogens (tertiary/aromatic N) is 4. The molecule has 0 atom stereocenters. The number of fused-ring (bicyclic) bond motifs is 1. The van der Waals surface area contributed by atoms with Crippen molar-refractivity contribution < 1.29 is 4.79 Å². The predicted octanol–water partition coefficient (Wildman–Crippen LogP) is 0.433. The van der Waals surface area contributed by atoms with Gasteiger partial charge in [0.15, 0.2) is 10.9 Å². The zero-order chi connectivity index (χ0) is 19.9. The average Bonchev–Trinajstić information content (AvgIpc) is 3.12. The molecule has 0 bridgehead atoms. The molecule has 3 heterocycles. The number of rotatable bonds is 5. The third-order valence-corrected chi connectivity index (χ3v) is 6.04. The number of carbonyl (C=O) groups excluding carboxylic acids is 1. The minimum atomic E-state index is -0.740. The van der Waals surface area contributed by atoms with Crippen molar-refractivity contribution in [3.05, 3.63) is 48.2 Å². The van der Waals surface area contributed by atoms with E-state index in [0.29, 0.717) is 21.9 Å². The number of nitrogens with two attached hydrogens (primary N) is 1. The number of anilines is 1. The number of aromatic nitrogens is 4. The Labute approximate surface area is 161 Å². The molecule has 3 aromatic heterocycles. The molecule has 142 valence electrons. The van der Waals surface area contributed by atoms with Crippen LogP contribution in [-0.4, -0.2) is 30.2 Å². The van der Waals surface area contributed by atoms with Crippen LogP contribution in [0.1, 0.15) is 17.3 Å². The standard InChI is InChI=1S/C16H17N5O4S2/c1-4-21-14(24)11-8(5-6-26-11)18-15(21)27-7-9(22)10-12(17)19(2)16(25)20(3)13(10)23/h5-6H,4,7,17H2,1-3H3. The van der Waals surface area contributed by atoms with Crippen LogP contribution in [0.15, 0.2) is 31.0 Å². The number of nitrogen functional groups attached to an aromatic ring is 1. The first-order chi connectivity index (χ1) is 12.8. The topological polar surface area (TPSA) is 122 Å². The zero-order valence-corrected chi connectivity index (χ0v) is 16.5. The first-order valence-electron chi connectivity index (χ1n) is 7.97. The van der Waals surface area contributed by atoms with E-state index in [-0.39, 0.29) is 22.7 Å². The Kier molecular flexibility index (Phi) is 5.07. The summed E-state index contributed by atoms with van der Waals surface area (Å²) in [7, 11) is 2.68. The zero-order valence-electron chi connectivity index (χ0n) is 14.9. The maximum atomic E-state index is 12.6. The van der Waals surface area contributed by atoms with E-state index in [1.54, 1.807) is 11.4 Å². The highest BCUT2D eigenvalue weighted by molar-refractivity contribution is 7.99. The summed E-state index contributed by atoms with van der Waals surface area (Å²) >= 11 is 2.37. The smallest absolute Gasteiger partial charge is 0.332 e. The normalized spacial score (nSPS) is 11.2. The molecular formula is C16H17N5O4S2. The monoisotopic (exact) mass is 407 g/mol. The summed E-state index contributed by atoms with van der Waals surface area (Å²) in [4.78, 5) is 53.8. The molecule has 0 unspecified atom stereocenters. The van der Waals surface area contributed by atoms with Crippen LogP contribution < -0.4 is 22.5 Å². The number of Topliss-reactive ketones (excluding diaryl/α,β-unsaturated/α-hetero) is 1. The van der Waals surface area contributed by atoms with Gasteiger partial charge in [-0.1, -0.05) is 11.8 Å². The number of hydrogen-bond acceptors (Lipinski definition) is 8. The minimum Gasteiger partial charge on any atom is -0.384 e. The highest BCUT2D eigenvalue weighted by Gasteiger charge is 2.21. The largest absolute Gasteiger partial charge is 0.384 e. The molecule has 9 nitrogen and oxygen atoms in total. The molecule has 0 amide bonds. The number of carbonyl (C=O) groups is 1. The van der Waals surface area contributed by atoms with Crippen molar-refractivity contribution in [3.63, 3.8) is 0 Å².